The van der Waals surface area contributed by atoms with E-state index in [4.69, 9.17) is 0 Å². The zero-order valence-corrected chi connectivity index (χ0v) is 17.1. The summed E-state index contributed by atoms with van der Waals surface area (Å²) < 4.78 is 49.9. The molecule has 0 aliphatic carbocycles. The lowest BCUT2D eigenvalue weighted by molar-refractivity contribution is -0.157. The SMILES string of the molecule is CCNC(=NCC(=O)N(C)CC(F)(F)F)N(C)Cc1ccc(F)cc1.I. The second-order valence-corrected chi connectivity index (χ2v) is 5.52. The molecule has 1 aromatic rings. The highest BCUT2D eigenvalue weighted by molar-refractivity contribution is 14.0. The van der Waals surface area contributed by atoms with Gasteiger partial charge in [0.15, 0.2) is 5.96 Å². The maximum atomic E-state index is 12.9. The number of nitrogens with one attached hydrogen (secondary N) is 1. The van der Waals surface area contributed by atoms with Crippen LogP contribution in [0.2, 0.25) is 0 Å². The average molecular weight is 490 g/mol. The fourth-order valence-electron chi connectivity index (χ4n) is 2.03. The first-order valence-corrected chi connectivity index (χ1v) is 7.67. The van der Waals surface area contributed by atoms with Crippen LogP contribution in [-0.4, -0.2) is 61.6 Å². The van der Waals surface area contributed by atoms with Crippen LogP contribution >= 0.6 is 24.0 Å². The molecule has 0 unspecified atom stereocenters. The van der Waals surface area contributed by atoms with Gasteiger partial charge in [0.25, 0.3) is 0 Å². The van der Waals surface area contributed by atoms with Gasteiger partial charge in [-0.1, -0.05) is 12.1 Å². The number of hydrogen-bond acceptors (Lipinski definition) is 2. The molecule has 0 saturated heterocycles. The van der Waals surface area contributed by atoms with Gasteiger partial charge in [-0.05, 0) is 24.6 Å². The molecule has 0 spiro atoms. The molecule has 0 aliphatic rings. The molecule has 0 saturated carbocycles. The zero-order valence-electron chi connectivity index (χ0n) is 14.8. The van der Waals surface area contributed by atoms with Gasteiger partial charge < -0.3 is 15.1 Å². The van der Waals surface area contributed by atoms with Gasteiger partial charge in [-0.15, -0.1) is 24.0 Å². The Kier molecular flexibility index (Phi) is 10.5. The lowest BCUT2D eigenvalue weighted by Gasteiger charge is -2.23. The molecule has 0 heterocycles. The summed E-state index contributed by atoms with van der Waals surface area (Å²) in [5.41, 5.74) is 0.829. The molecule has 10 heteroatoms. The van der Waals surface area contributed by atoms with Crippen LogP contribution in [0.1, 0.15) is 12.5 Å². The van der Waals surface area contributed by atoms with Crippen molar-refractivity contribution >= 4 is 35.8 Å². The summed E-state index contributed by atoms with van der Waals surface area (Å²) in [7, 11) is 2.80. The highest BCUT2D eigenvalue weighted by atomic mass is 127. The smallest absolute Gasteiger partial charge is 0.357 e. The largest absolute Gasteiger partial charge is 0.406 e. The molecule has 1 rings (SSSR count). The number of aliphatic imine (C=N–C) groups is 1. The second-order valence-electron chi connectivity index (χ2n) is 5.52. The van der Waals surface area contributed by atoms with E-state index in [-0.39, 0.29) is 29.8 Å². The number of hydrogen-bond donors (Lipinski definition) is 1. The molecule has 0 fully saturated rings. The first-order chi connectivity index (χ1) is 11.6. The van der Waals surface area contributed by atoms with E-state index in [1.165, 1.54) is 12.1 Å². The predicted molar refractivity (Wildman–Crippen MR) is 103 cm³/mol. The van der Waals surface area contributed by atoms with Gasteiger partial charge in [-0.25, -0.2) is 9.38 Å². The fraction of sp³-hybridized carbons (Fsp3) is 0.500. The number of carbonyl (C=O) groups is 1. The van der Waals surface area contributed by atoms with Crippen LogP contribution < -0.4 is 5.32 Å². The van der Waals surface area contributed by atoms with Crippen LogP contribution in [0, 0.1) is 5.82 Å². The number of benzene rings is 1. The third-order valence-electron chi connectivity index (χ3n) is 3.24. The topological polar surface area (TPSA) is 47.9 Å². The number of halogens is 5. The number of rotatable bonds is 6. The van der Waals surface area contributed by atoms with Crippen molar-refractivity contribution in [2.75, 3.05) is 33.7 Å². The maximum Gasteiger partial charge on any atom is 0.406 e. The molecule has 0 aliphatic heterocycles. The molecule has 0 aromatic heterocycles. The number of guanidine groups is 1. The summed E-state index contributed by atoms with van der Waals surface area (Å²) in [5.74, 6) is -0.700. The number of likely N-dealkylation sites (N-methyl/N-ethyl adjacent to an activating group) is 1. The van der Waals surface area contributed by atoms with E-state index < -0.39 is 25.2 Å². The van der Waals surface area contributed by atoms with Crippen LogP contribution in [0.5, 0.6) is 0 Å². The van der Waals surface area contributed by atoms with Crippen LogP contribution in [0.4, 0.5) is 17.6 Å². The predicted octanol–water partition coefficient (Wildman–Crippen LogP) is 2.86. The number of nitrogens with zero attached hydrogens (tertiary/aromatic N) is 3. The number of alkyl halides is 3. The summed E-state index contributed by atoms with van der Waals surface area (Å²) in [4.78, 5) is 18.1. The Morgan fingerprint density at radius 2 is 1.73 bits per heavy atom. The fourth-order valence-corrected chi connectivity index (χ4v) is 2.03. The molecular weight excluding hydrogens is 467 g/mol. The van der Waals surface area contributed by atoms with Crippen molar-refractivity contribution in [1.82, 2.24) is 15.1 Å². The first-order valence-electron chi connectivity index (χ1n) is 7.67. The van der Waals surface area contributed by atoms with Crippen molar-refractivity contribution in [1.29, 1.82) is 0 Å². The zero-order chi connectivity index (χ0) is 19.0. The van der Waals surface area contributed by atoms with Gasteiger partial charge in [0.1, 0.15) is 18.9 Å². The number of amides is 1. The molecule has 0 atom stereocenters. The monoisotopic (exact) mass is 490 g/mol. The highest BCUT2D eigenvalue weighted by Crippen LogP contribution is 2.15. The molecule has 0 bridgehead atoms. The van der Waals surface area contributed by atoms with Crippen molar-refractivity contribution in [2.24, 2.45) is 4.99 Å². The summed E-state index contributed by atoms with van der Waals surface area (Å²) in [6, 6.07) is 5.92. The van der Waals surface area contributed by atoms with E-state index in [0.717, 1.165) is 12.6 Å². The summed E-state index contributed by atoms with van der Waals surface area (Å²) in [5, 5.41) is 2.97. The minimum Gasteiger partial charge on any atom is -0.357 e. The Hall–Kier alpha value is -1.59. The Morgan fingerprint density at radius 1 is 1.15 bits per heavy atom. The van der Waals surface area contributed by atoms with Gasteiger partial charge in [0, 0.05) is 27.2 Å². The third-order valence-corrected chi connectivity index (χ3v) is 3.24. The van der Waals surface area contributed by atoms with Gasteiger partial charge in [-0.3, -0.25) is 4.79 Å². The highest BCUT2D eigenvalue weighted by Gasteiger charge is 2.31. The molecule has 1 amide bonds. The van der Waals surface area contributed by atoms with Crippen LogP contribution in [0.15, 0.2) is 29.3 Å². The minimum atomic E-state index is -4.45. The molecule has 26 heavy (non-hydrogen) atoms. The van der Waals surface area contributed by atoms with E-state index >= 15 is 0 Å². The third kappa shape index (κ3) is 9.20. The second kappa shape index (κ2) is 11.2. The van der Waals surface area contributed by atoms with E-state index in [1.807, 2.05) is 6.92 Å². The van der Waals surface area contributed by atoms with Crippen molar-refractivity contribution in [3.05, 3.63) is 35.6 Å². The van der Waals surface area contributed by atoms with Crippen LogP contribution in [0.3, 0.4) is 0 Å². The summed E-state index contributed by atoms with van der Waals surface area (Å²) >= 11 is 0. The maximum absolute atomic E-state index is 12.9. The Bertz CT molecular complexity index is 593. The lowest BCUT2D eigenvalue weighted by atomic mass is 10.2. The standard InChI is InChI=1S/C16H22F4N4O.HI/c1-4-21-15(22-9-14(25)24(3)11-16(18,19)20)23(2)10-12-5-7-13(17)8-6-12;/h5-8H,4,9-11H2,1-3H3,(H,21,22);1H. The van der Waals surface area contributed by atoms with E-state index in [2.05, 4.69) is 10.3 Å². The van der Waals surface area contributed by atoms with E-state index in [0.29, 0.717) is 23.9 Å². The van der Waals surface area contributed by atoms with Gasteiger partial charge in [0.05, 0.1) is 0 Å². The Labute approximate surface area is 167 Å². The van der Waals surface area contributed by atoms with E-state index in [1.54, 1.807) is 24.1 Å². The van der Waals surface area contributed by atoms with Gasteiger partial charge in [0.2, 0.25) is 5.91 Å². The number of carbonyl (C=O) groups excluding carboxylic acids is 1. The minimum absolute atomic E-state index is 0. The Morgan fingerprint density at radius 3 is 2.23 bits per heavy atom. The molecule has 1 aromatic carbocycles. The lowest BCUT2D eigenvalue weighted by Crippen LogP contribution is -2.41. The molecular formula is C16H23F4IN4O. The summed E-state index contributed by atoms with van der Waals surface area (Å²) in [6.07, 6.45) is -4.45. The first kappa shape index (κ1) is 24.4. The van der Waals surface area contributed by atoms with Crippen molar-refractivity contribution in [2.45, 2.75) is 19.6 Å². The molecule has 148 valence electrons. The van der Waals surface area contributed by atoms with Crippen molar-refractivity contribution < 1.29 is 22.4 Å². The normalized spacial score (nSPS) is 11.6. The molecule has 5 nitrogen and oxygen atoms in total. The van der Waals surface area contributed by atoms with E-state index in [9.17, 15) is 22.4 Å². The summed E-state index contributed by atoms with van der Waals surface area (Å²) in [6.45, 7) is 1.04. The van der Waals surface area contributed by atoms with Gasteiger partial charge in [-0.2, -0.15) is 13.2 Å². The average Bonchev–Trinajstić information content (AvgIpc) is 2.51. The molecule has 1 N–H and O–H groups in total. The van der Waals surface area contributed by atoms with Gasteiger partial charge >= 0.3 is 6.18 Å². The van der Waals surface area contributed by atoms with Crippen LogP contribution in [0.25, 0.3) is 0 Å². The van der Waals surface area contributed by atoms with Crippen molar-refractivity contribution in [3.8, 4) is 0 Å². The quantitative estimate of drug-likeness (QED) is 0.289. The molecule has 0 radical (unpaired) electrons. The van der Waals surface area contributed by atoms with Crippen LogP contribution in [-0.2, 0) is 11.3 Å². The Balaban J connectivity index is 0.00000625. The van der Waals surface area contributed by atoms with Crippen molar-refractivity contribution in [3.63, 3.8) is 0 Å².